The number of fused-ring (bicyclic) bond motifs is 1. The van der Waals surface area contributed by atoms with Gasteiger partial charge in [0.05, 0.1) is 11.7 Å². The van der Waals surface area contributed by atoms with E-state index in [1.54, 1.807) is 6.20 Å². The molecular formula is C6H4IN3O. The highest BCUT2D eigenvalue weighted by Crippen LogP contribution is 2.12. The third-order valence-electron chi connectivity index (χ3n) is 1.43. The summed E-state index contributed by atoms with van der Waals surface area (Å²) in [6.45, 7) is 0. The first-order valence-electron chi connectivity index (χ1n) is 2.99. The van der Waals surface area contributed by atoms with Gasteiger partial charge in [0.15, 0.2) is 0 Å². The molecule has 2 N–H and O–H groups in total. The maximum Gasteiger partial charge on any atom is 0.261 e. The van der Waals surface area contributed by atoms with Crippen molar-refractivity contribution in [3.05, 3.63) is 26.4 Å². The average Bonchev–Trinajstić information content (AvgIpc) is 2.34. The molecule has 0 atom stereocenters. The van der Waals surface area contributed by atoms with Gasteiger partial charge in [-0.3, -0.25) is 4.79 Å². The smallest absolute Gasteiger partial charge is 0.261 e. The molecule has 0 saturated heterocycles. The largest absolute Gasteiger partial charge is 0.345 e. The molecule has 2 aromatic heterocycles. The van der Waals surface area contributed by atoms with Crippen LogP contribution in [0.15, 0.2) is 17.3 Å². The molecule has 5 heteroatoms. The fraction of sp³-hybridized carbons (Fsp3) is 0. The Morgan fingerprint density at radius 1 is 1.45 bits per heavy atom. The van der Waals surface area contributed by atoms with Crippen LogP contribution >= 0.6 is 22.6 Å². The Labute approximate surface area is 75.2 Å². The summed E-state index contributed by atoms with van der Waals surface area (Å²) in [5.74, 6) is 0. The van der Waals surface area contributed by atoms with Gasteiger partial charge < -0.3 is 9.97 Å². The highest BCUT2D eigenvalue weighted by molar-refractivity contribution is 14.1. The third-order valence-corrected chi connectivity index (χ3v) is 2.28. The van der Waals surface area contributed by atoms with Crippen LogP contribution < -0.4 is 5.56 Å². The molecule has 56 valence electrons. The first-order chi connectivity index (χ1) is 5.29. The van der Waals surface area contributed by atoms with Gasteiger partial charge >= 0.3 is 0 Å². The fourth-order valence-corrected chi connectivity index (χ4v) is 1.59. The molecule has 0 aliphatic heterocycles. The molecule has 0 amide bonds. The molecule has 2 aromatic rings. The minimum Gasteiger partial charge on any atom is -0.345 e. The highest BCUT2D eigenvalue weighted by Gasteiger charge is 2.03. The van der Waals surface area contributed by atoms with Gasteiger partial charge in [-0.2, -0.15) is 0 Å². The molecule has 2 heterocycles. The van der Waals surface area contributed by atoms with Crippen LogP contribution in [-0.4, -0.2) is 15.0 Å². The minimum atomic E-state index is -0.0966. The second-order valence-electron chi connectivity index (χ2n) is 2.09. The van der Waals surface area contributed by atoms with E-state index in [-0.39, 0.29) is 5.56 Å². The van der Waals surface area contributed by atoms with Gasteiger partial charge in [-0.25, -0.2) is 4.98 Å². The van der Waals surface area contributed by atoms with Gasteiger partial charge in [-0.05, 0) is 22.6 Å². The maximum absolute atomic E-state index is 11.1. The Kier molecular flexibility index (Phi) is 1.45. The molecule has 0 saturated carbocycles. The van der Waals surface area contributed by atoms with Crippen molar-refractivity contribution >= 4 is 33.6 Å². The summed E-state index contributed by atoms with van der Waals surface area (Å²) in [5, 5.41) is 0.633. The summed E-state index contributed by atoms with van der Waals surface area (Å²) in [6.07, 6.45) is 3.14. The third kappa shape index (κ3) is 0.953. The lowest BCUT2D eigenvalue weighted by molar-refractivity contribution is 1.16. The van der Waals surface area contributed by atoms with Crippen molar-refractivity contribution in [1.29, 1.82) is 0 Å². The van der Waals surface area contributed by atoms with E-state index < -0.39 is 0 Å². The van der Waals surface area contributed by atoms with Crippen LogP contribution in [0.4, 0.5) is 0 Å². The number of nitrogens with one attached hydrogen (secondary N) is 2. The quantitative estimate of drug-likeness (QED) is 0.691. The van der Waals surface area contributed by atoms with Crippen LogP contribution in [0, 0.1) is 3.57 Å². The summed E-state index contributed by atoms with van der Waals surface area (Å²) in [5.41, 5.74) is 0.541. The van der Waals surface area contributed by atoms with Crippen molar-refractivity contribution in [2.75, 3.05) is 0 Å². The molecule has 11 heavy (non-hydrogen) atoms. The average molecular weight is 261 g/mol. The molecule has 0 spiro atoms. The zero-order valence-electron chi connectivity index (χ0n) is 5.39. The van der Waals surface area contributed by atoms with Crippen LogP contribution in [0.2, 0.25) is 0 Å². The molecule has 2 rings (SSSR count). The van der Waals surface area contributed by atoms with Crippen molar-refractivity contribution in [1.82, 2.24) is 15.0 Å². The first-order valence-corrected chi connectivity index (χ1v) is 4.07. The molecular weight excluding hydrogens is 257 g/mol. The molecule has 0 unspecified atom stereocenters. The van der Waals surface area contributed by atoms with Crippen molar-refractivity contribution in [2.45, 2.75) is 0 Å². The number of aromatic nitrogens is 3. The van der Waals surface area contributed by atoms with E-state index in [0.717, 1.165) is 3.57 Å². The van der Waals surface area contributed by atoms with E-state index in [1.807, 2.05) is 0 Å². The number of aromatic amines is 2. The number of hydrogen-bond acceptors (Lipinski definition) is 2. The lowest BCUT2D eigenvalue weighted by atomic mass is 10.4. The number of nitrogens with zero attached hydrogens (tertiary/aromatic N) is 1. The Balaban J connectivity index is 3.08. The van der Waals surface area contributed by atoms with Crippen LogP contribution in [-0.2, 0) is 0 Å². The highest BCUT2D eigenvalue weighted by atomic mass is 127. The topological polar surface area (TPSA) is 61.5 Å². The van der Waals surface area contributed by atoms with Crippen molar-refractivity contribution in [2.24, 2.45) is 0 Å². The normalized spacial score (nSPS) is 10.6. The van der Waals surface area contributed by atoms with Crippen LogP contribution in [0.5, 0.6) is 0 Å². The van der Waals surface area contributed by atoms with Gasteiger partial charge in [0.2, 0.25) is 0 Å². The Morgan fingerprint density at radius 2 is 2.27 bits per heavy atom. The standard InChI is InChI=1S/C6H4IN3O/c7-3-1-8-5-4(3)6(11)10-2-9-5/h1-2H,(H2,8,9,10,11). The van der Waals surface area contributed by atoms with Gasteiger partial charge in [0.25, 0.3) is 5.56 Å². The van der Waals surface area contributed by atoms with Gasteiger partial charge in [0, 0.05) is 9.77 Å². The predicted octanol–water partition coefficient (Wildman–Crippen LogP) is 0.856. The van der Waals surface area contributed by atoms with E-state index in [4.69, 9.17) is 0 Å². The van der Waals surface area contributed by atoms with Gasteiger partial charge in [-0.15, -0.1) is 0 Å². The molecule has 0 bridgehead atoms. The molecule has 0 fully saturated rings. The molecule has 0 aliphatic rings. The Morgan fingerprint density at radius 3 is 3.00 bits per heavy atom. The van der Waals surface area contributed by atoms with E-state index >= 15 is 0 Å². The summed E-state index contributed by atoms with van der Waals surface area (Å²) in [7, 11) is 0. The summed E-state index contributed by atoms with van der Waals surface area (Å²) in [6, 6.07) is 0. The van der Waals surface area contributed by atoms with E-state index in [9.17, 15) is 4.79 Å². The predicted molar refractivity (Wildman–Crippen MR) is 49.4 cm³/mol. The van der Waals surface area contributed by atoms with Crippen LogP contribution in [0.25, 0.3) is 11.0 Å². The van der Waals surface area contributed by atoms with E-state index in [0.29, 0.717) is 11.0 Å². The number of rotatable bonds is 0. The molecule has 0 aromatic carbocycles. The Hall–Kier alpha value is -0.850. The minimum absolute atomic E-state index is 0.0966. The summed E-state index contributed by atoms with van der Waals surface area (Å²) in [4.78, 5) is 20.5. The van der Waals surface area contributed by atoms with Crippen molar-refractivity contribution in [3.8, 4) is 0 Å². The lowest BCUT2D eigenvalue weighted by Crippen LogP contribution is -2.05. The molecule has 0 radical (unpaired) electrons. The second kappa shape index (κ2) is 2.33. The zero-order chi connectivity index (χ0) is 7.84. The lowest BCUT2D eigenvalue weighted by Gasteiger charge is -1.85. The van der Waals surface area contributed by atoms with Gasteiger partial charge in [0.1, 0.15) is 5.65 Å². The van der Waals surface area contributed by atoms with Gasteiger partial charge in [-0.1, -0.05) is 0 Å². The SMILES string of the molecule is O=c1[nH]cnc2[nH]cc(I)c12. The summed E-state index contributed by atoms with van der Waals surface area (Å²) < 4.78 is 0.895. The molecule has 0 aliphatic carbocycles. The van der Waals surface area contributed by atoms with E-state index in [1.165, 1.54) is 6.33 Å². The Bertz CT molecular complexity index is 444. The monoisotopic (exact) mass is 261 g/mol. The van der Waals surface area contributed by atoms with E-state index in [2.05, 4.69) is 37.5 Å². The fourth-order valence-electron chi connectivity index (χ4n) is 0.935. The second-order valence-corrected chi connectivity index (χ2v) is 3.25. The summed E-state index contributed by atoms with van der Waals surface area (Å²) >= 11 is 2.09. The first kappa shape index (κ1) is 6.84. The van der Waals surface area contributed by atoms with Crippen LogP contribution in [0.1, 0.15) is 0 Å². The zero-order valence-corrected chi connectivity index (χ0v) is 7.55. The number of H-pyrrole nitrogens is 2. The number of halogens is 1. The van der Waals surface area contributed by atoms with Crippen molar-refractivity contribution < 1.29 is 0 Å². The molecule has 4 nitrogen and oxygen atoms in total. The number of hydrogen-bond donors (Lipinski definition) is 2. The van der Waals surface area contributed by atoms with Crippen molar-refractivity contribution in [3.63, 3.8) is 0 Å². The maximum atomic E-state index is 11.1. The van der Waals surface area contributed by atoms with Crippen LogP contribution in [0.3, 0.4) is 0 Å².